The zero-order valence-electron chi connectivity index (χ0n) is 10.5. The van der Waals surface area contributed by atoms with Crippen molar-refractivity contribution in [2.24, 2.45) is 5.92 Å². The van der Waals surface area contributed by atoms with Crippen LogP contribution in [0, 0.1) is 11.7 Å². The van der Waals surface area contributed by atoms with E-state index in [-0.39, 0.29) is 23.0 Å². The molecule has 1 aromatic carbocycles. The average Bonchev–Trinajstić information content (AvgIpc) is 3.08. The van der Waals surface area contributed by atoms with Gasteiger partial charge in [0.25, 0.3) is 0 Å². The quantitative estimate of drug-likeness (QED) is 0.782. The number of anilines is 1. The number of halogens is 2. The van der Waals surface area contributed by atoms with Crippen LogP contribution in [-0.2, 0) is 4.79 Å². The lowest BCUT2D eigenvalue weighted by atomic mass is 10.1. The Bertz CT molecular complexity index is 514. The minimum atomic E-state index is -0.962. The predicted molar refractivity (Wildman–Crippen MR) is 72.3 cm³/mol. The van der Waals surface area contributed by atoms with E-state index >= 15 is 0 Å². The van der Waals surface area contributed by atoms with Crippen molar-refractivity contribution in [3.8, 4) is 0 Å². The van der Waals surface area contributed by atoms with Gasteiger partial charge in [0.15, 0.2) is 0 Å². The van der Waals surface area contributed by atoms with E-state index in [0.717, 1.165) is 25.0 Å². The van der Waals surface area contributed by atoms with Gasteiger partial charge in [-0.3, -0.25) is 4.79 Å². The molecule has 0 aliphatic heterocycles. The molecule has 1 atom stereocenters. The number of benzene rings is 1. The largest absolute Gasteiger partial charge is 0.481 e. The fourth-order valence-electron chi connectivity index (χ4n) is 1.98. The first-order chi connectivity index (χ1) is 9.44. The molecule has 3 N–H and O–H groups in total. The summed E-state index contributed by atoms with van der Waals surface area (Å²) in [5, 5.41) is 14.0. The van der Waals surface area contributed by atoms with Gasteiger partial charge in [0.1, 0.15) is 5.82 Å². The van der Waals surface area contributed by atoms with Crippen LogP contribution in [-0.4, -0.2) is 23.1 Å². The maximum absolute atomic E-state index is 13.1. The van der Waals surface area contributed by atoms with Gasteiger partial charge in [0.2, 0.25) is 0 Å². The van der Waals surface area contributed by atoms with Gasteiger partial charge < -0.3 is 15.7 Å². The Kier molecular flexibility index (Phi) is 4.44. The van der Waals surface area contributed by atoms with Gasteiger partial charge in [-0.15, -0.1) is 0 Å². The number of urea groups is 1. The van der Waals surface area contributed by atoms with Crippen LogP contribution >= 0.6 is 11.6 Å². The molecule has 1 unspecified atom stereocenters. The molecule has 0 aromatic heterocycles. The highest BCUT2D eigenvalue weighted by Gasteiger charge is 2.33. The van der Waals surface area contributed by atoms with E-state index in [9.17, 15) is 14.0 Å². The molecular formula is C13H14ClFN2O3. The van der Waals surface area contributed by atoms with Crippen LogP contribution in [0.15, 0.2) is 18.2 Å². The maximum atomic E-state index is 13.1. The van der Waals surface area contributed by atoms with Crippen molar-refractivity contribution >= 4 is 29.3 Å². The Morgan fingerprint density at radius 2 is 2.10 bits per heavy atom. The Morgan fingerprint density at radius 3 is 2.65 bits per heavy atom. The van der Waals surface area contributed by atoms with Crippen LogP contribution in [0.2, 0.25) is 5.02 Å². The summed E-state index contributed by atoms with van der Waals surface area (Å²) in [6, 6.07) is 2.70. The predicted octanol–water partition coefficient (Wildman–Crippen LogP) is 2.85. The molecule has 0 spiro atoms. The van der Waals surface area contributed by atoms with Crippen molar-refractivity contribution in [3.63, 3.8) is 0 Å². The topological polar surface area (TPSA) is 78.4 Å². The number of hydrogen-bond donors (Lipinski definition) is 3. The number of nitrogens with one attached hydrogen (secondary N) is 2. The van der Waals surface area contributed by atoms with Gasteiger partial charge in [-0.1, -0.05) is 11.6 Å². The highest BCUT2D eigenvalue weighted by molar-refractivity contribution is 6.30. The van der Waals surface area contributed by atoms with Crippen molar-refractivity contribution in [1.29, 1.82) is 0 Å². The lowest BCUT2D eigenvalue weighted by molar-refractivity contribution is -0.137. The van der Waals surface area contributed by atoms with Crippen LogP contribution < -0.4 is 10.6 Å². The smallest absolute Gasteiger partial charge is 0.319 e. The van der Waals surface area contributed by atoms with E-state index < -0.39 is 23.9 Å². The molecule has 0 bridgehead atoms. The molecule has 1 fully saturated rings. The molecule has 1 aliphatic carbocycles. The van der Waals surface area contributed by atoms with E-state index in [1.165, 1.54) is 6.07 Å². The molecule has 7 heteroatoms. The molecule has 2 rings (SSSR count). The third-order valence-electron chi connectivity index (χ3n) is 3.02. The molecule has 0 saturated heterocycles. The molecule has 0 radical (unpaired) electrons. The van der Waals surface area contributed by atoms with Crippen molar-refractivity contribution in [2.75, 3.05) is 5.32 Å². The van der Waals surface area contributed by atoms with Crippen molar-refractivity contribution in [3.05, 3.63) is 29.0 Å². The number of amides is 2. The minimum absolute atomic E-state index is 0.123. The van der Waals surface area contributed by atoms with Crippen LogP contribution in [0.3, 0.4) is 0 Å². The van der Waals surface area contributed by atoms with Crippen molar-refractivity contribution in [2.45, 2.75) is 25.3 Å². The first-order valence-electron chi connectivity index (χ1n) is 6.19. The Morgan fingerprint density at radius 1 is 1.40 bits per heavy atom. The number of rotatable bonds is 5. The number of aliphatic carboxylic acids is 1. The minimum Gasteiger partial charge on any atom is -0.481 e. The van der Waals surface area contributed by atoms with Crippen molar-refractivity contribution in [1.82, 2.24) is 5.32 Å². The Balaban J connectivity index is 1.95. The Hall–Kier alpha value is -1.82. The summed E-state index contributed by atoms with van der Waals surface area (Å²) in [5.74, 6) is -1.32. The molecule has 2 amide bonds. The first kappa shape index (κ1) is 14.6. The van der Waals surface area contributed by atoms with Crippen LogP contribution in [0.1, 0.15) is 19.3 Å². The summed E-state index contributed by atoms with van der Waals surface area (Å²) in [6.45, 7) is 0. The summed E-state index contributed by atoms with van der Waals surface area (Å²) in [5.41, 5.74) is 0.220. The molecule has 1 saturated carbocycles. The molecule has 20 heavy (non-hydrogen) atoms. The summed E-state index contributed by atoms with van der Waals surface area (Å²) >= 11 is 5.68. The van der Waals surface area contributed by atoms with Gasteiger partial charge in [0.05, 0.1) is 6.42 Å². The van der Waals surface area contributed by atoms with Gasteiger partial charge in [-0.25, -0.2) is 9.18 Å². The number of carboxylic acids is 1. The SMILES string of the molecule is O=C(O)CC(NC(=O)Nc1cc(F)cc(Cl)c1)C1CC1. The van der Waals surface area contributed by atoms with E-state index in [4.69, 9.17) is 16.7 Å². The fraction of sp³-hybridized carbons (Fsp3) is 0.385. The van der Waals surface area contributed by atoms with E-state index in [1.54, 1.807) is 0 Å². The zero-order chi connectivity index (χ0) is 14.7. The molecule has 1 aromatic rings. The van der Waals surface area contributed by atoms with E-state index in [1.807, 2.05) is 0 Å². The number of carboxylic acid groups (broad SMARTS) is 1. The summed E-state index contributed by atoms with van der Waals surface area (Å²) in [7, 11) is 0. The number of carbonyl (C=O) groups excluding carboxylic acids is 1. The van der Waals surface area contributed by atoms with E-state index in [2.05, 4.69) is 10.6 Å². The third kappa shape index (κ3) is 4.38. The maximum Gasteiger partial charge on any atom is 0.319 e. The molecular weight excluding hydrogens is 287 g/mol. The standard InChI is InChI=1S/C13H14ClFN2O3/c14-8-3-9(15)5-10(4-8)16-13(20)17-11(6-12(18)19)7-1-2-7/h3-5,7,11H,1-2,6H2,(H,18,19)(H2,16,17,20). The zero-order valence-corrected chi connectivity index (χ0v) is 11.3. The van der Waals surface area contributed by atoms with Gasteiger partial charge in [-0.2, -0.15) is 0 Å². The Labute approximate surface area is 120 Å². The number of carbonyl (C=O) groups is 2. The van der Waals surface area contributed by atoms with Crippen molar-refractivity contribution < 1.29 is 19.1 Å². The van der Waals surface area contributed by atoms with E-state index in [0.29, 0.717) is 0 Å². The highest BCUT2D eigenvalue weighted by Crippen LogP contribution is 2.34. The molecule has 108 valence electrons. The van der Waals surface area contributed by atoms with Gasteiger partial charge in [-0.05, 0) is 37.0 Å². The lowest BCUT2D eigenvalue weighted by Crippen LogP contribution is -2.40. The van der Waals surface area contributed by atoms with Gasteiger partial charge in [0, 0.05) is 16.8 Å². The summed E-state index contributed by atoms with van der Waals surface area (Å²) in [4.78, 5) is 22.5. The second-order valence-corrected chi connectivity index (χ2v) is 5.23. The molecule has 0 heterocycles. The second-order valence-electron chi connectivity index (χ2n) is 4.80. The lowest BCUT2D eigenvalue weighted by Gasteiger charge is -2.16. The summed E-state index contributed by atoms with van der Waals surface area (Å²) < 4.78 is 13.1. The average molecular weight is 301 g/mol. The van der Waals surface area contributed by atoms with Crippen LogP contribution in [0.4, 0.5) is 14.9 Å². The third-order valence-corrected chi connectivity index (χ3v) is 3.24. The van der Waals surface area contributed by atoms with Crippen LogP contribution in [0.5, 0.6) is 0 Å². The fourth-order valence-corrected chi connectivity index (χ4v) is 2.21. The molecule has 1 aliphatic rings. The van der Waals surface area contributed by atoms with Crippen LogP contribution in [0.25, 0.3) is 0 Å². The molecule has 5 nitrogen and oxygen atoms in total. The first-order valence-corrected chi connectivity index (χ1v) is 6.57. The second kappa shape index (κ2) is 6.09. The normalized spacial score (nSPS) is 15.5. The van der Waals surface area contributed by atoms with Gasteiger partial charge >= 0.3 is 12.0 Å². The summed E-state index contributed by atoms with van der Waals surface area (Å²) in [6.07, 6.45) is 1.69. The highest BCUT2D eigenvalue weighted by atomic mass is 35.5. The number of hydrogen-bond acceptors (Lipinski definition) is 2. The monoisotopic (exact) mass is 300 g/mol.